The number of rotatable bonds is 7. The molecule has 0 bridgehead atoms. The number of anilines is 1. The molecule has 156 valence electrons. The summed E-state index contributed by atoms with van der Waals surface area (Å²) in [6, 6.07) is 15.3. The van der Waals surface area contributed by atoms with Gasteiger partial charge in [0.05, 0.1) is 19.9 Å². The molecule has 0 spiro atoms. The topological polar surface area (TPSA) is 91.2 Å². The molecule has 9 heteroatoms. The van der Waals surface area contributed by atoms with Crippen LogP contribution in [0.2, 0.25) is 0 Å². The highest BCUT2D eigenvalue weighted by Crippen LogP contribution is 2.33. The molecule has 0 aliphatic carbocycles. The molecule has 4 aromatic rings. The van der Waals surface area contributed by atoms with Gasteiger partial charge in [0, 0.05) is 23.4 Å². The predicted molar refractivity (Wildman–Crippen MR) is 120 cm³/mol. The molecule has 0 aliphatic rings. The van der Waals surface area contributed by atoms with Crippen LogP contribution in [-0.2, 0) is 4.79 Å². The van der Waals surface area contributed by atoms with Crippen molar-refractivity contribution in [2.45, 2.75) is 0 Å². The molecule has 4 rings (SSSR count). The number of hydrogen-bond acceptors (Lipinski definition) is 7. The van der Waals surface area contributed by atoms with E-state index in [1.807, 2.05) is 54.7 Å². The Morgan fingerprint density at radius 1 is 1.10 bits per heavy atom. The summed E-state index contributed by atoms with van der Waals surface area (Å²) in [5, 5.41) is 15.4. The zero-order valence-electron chi connectivity index (χ0n) is 16.9. The smallest absolute Gasteiger partial charge is 0.250 e. The van der Waals surface area contributed by atoms with Crippen molar-refractivity contribution in [3.63, 3.8) is 0 Å². The summed E-state index contributed by atoms with van der Waals surface area (Å²) < 4.78 is 12.5. The third kappa shape index (κ3) is 4.62. The fourth-order valence-corrected chi connectivity index (χ4v) is 3.42. The van der Waals surface area contributed by atoms with E-state index < -0.39 is 0 Å². The average molecular weight is 433 g/mol. The van der Waals surface area contributed by atoms with Gasteiger partial charge in [-0.3, -0.25) is 10.1 Å². The molecule has 0 radical (unpaired) electrons. The van der Waals surface area contributed by atoms with Gasteiger partial charge in [0.1, 0.15) is 11.2 Å². The van der Waals surface area contributed by atoms with Crippen LogP contribution in [0, 0.1) is 0 Å². The van der Waals surface area contributed by atoms with Crippen molar-refractivity contribution in [1.29, 1.82) is 0 Å². The van der Waals surface area contributed by atoms with Crippen molar-refractivity contribution >= 4 is 28.5 Å². The number of aromatic nitrogens is 4. The number of hydrogen-bond donors (Lipinski definition) is 1. The van der Waals surface area contributed by atoms with Gasteiger partial charge in [0.15, 0.2) is 11.5 Å². The van der Waals surface area contributed by atoms with Gasteiger partial charge in [-0.2, -0.15) is 5.10 Å². The lowest BCUT2D eigenvalue weighted by Gasteiger charge is -2.09. The minimum atomic E-state index is -0.303. The summed E-state index contributed by atoms with van der Waals surface area (Å²) in [6.07, 6.45) is 5.03. The van der Waals surface area contributed by atoms with E-state index in [1.54, 1.807) is 30.5 Å². The van der Waals surface area contributed by atoms with E-state index in [4.69, 9.17) is 14.6 Å². The first kappa shape index (κ1) is 20.3. The average Bonchev–Trinajstić information content (AvgIpc) is 3.48. The van der Waals surface area contributed by atoms with Crippen LogP contribution in [0.3, 0.4) is 0 Å². The van der Waals surface area contributed by atoms with Crippen LogP contribution in [0.4, 0.5) is 5.13 Å². The van der Waals surface area contributed by atoms with Crippen molar-refractivity contribution in [3.8, 4) is 28.4 Å². The number of amides is 1. The van der Waals surface area contributed by atoms with Crippen LogP contribution in [0.15, 0.2) is 66.3 Å². The normalized spacial score (nSPS) is 10.9. The Hall–Kier alpha value is -3.98. The molecule has 0 unspecified atom stereocenters. The fraction of sp³-hybridized carbons (Fsp3) is 0.0909. The third-order valence-electron chi connectivity index (χ3n) is 4.42. The lowest BCUT2D eigenvalue weighted by atomic mass is 10.1. The van der Waals surface area contributed by atoms with E-state index in [2.05, 4.69) is 15.5 Å². The van der Waals surface area contributed by atoms with Crippen molar-refractivity contribution in [1.82, 2.24) is 20.0 Å². The monoisotopic (exact) mass is 433 g/mol. The molecule has 31 heavy (non-hydrogen) atoms. The Morgan fingerprint density at radius 2 is 1.90 bits per heavy atom. The number of nitrogens with one attached hydrogen (secondary N) is 1. The molecule has 0 aliphatic heterocycles. The zero-order chi connectivity index (χ0) is 21.6. The highest BCUT2D eigenvalue weighted by molar-refractivity contribution is 7.13. The quantitative estimate of drug-likeness (QED) is 0.442. The van der Waals surface area contributed by atoms with E-state index in [0.717, 1.165) is 16.8 Å². The van der Waals surface area contributed by atoms with Crippen LogP contribution in [0.25, 0.3) is 23.0 Å². The predicted octanol–water partition coefficient (Wildman–Crippen LogP) is 4.06. The summed E-state index contributed by atoms with van der Waals surface area (Å²) in [5.74, 6) is 0.919. The van der Waals surface area contributed by atoms with Gasteiger partial charge in [0.2, 0.25) is 11.0 Å². The second kappa shape index (κ2) is 9.23. The molecule has 2 aromatic heterocycles. The minimum absolute atomic E-state index is 0.303. The van der Waals surface area contributed by atoms with Crippen LogP contribution in [0.5, 0.6) is 11.5 Å². The SMILES string of the molecule is COc1ccc(-c2nn(-c3ccccc3)cc2C=CC(=O)Nc2nncs2)cc1OC. The molecule has 1 amide bonds. The fourth-order valence-electron chi connectivity index (χ4n) is 2.97. The van der Waals surface area contributed by atoms with Gasteiger partial charge in [-0.1, -0.05) is 29.5 Å². The maximum atomic E-state index is 12.3. The second-order valence-electron chi connectivity index (χ2n) is 6.35. The Balaban J connectivity index is 1.72. The van der Waals surface area contributed by atoms with Crippen molar-refractivity contribution in [3.05, 3.63) is 71.9 Å². The standard InChI is InChI=1S/C22H19N5O3S/c1-29-18-10-8-15(12-19(18)30-2)21-16(9-11-20(28)24-22-25-23-14-31-22)13-27(26-21)17-6-4-3-5-7-17/h3-14H,1-2H3,(H,24,25,28). The molecule has 0 saturated carbocycles. The first-order valence-electron chi connectivity index (χ1n) is 9.30. The van der Waals surface area contributed by atoms with Gasteiger partial charge in [0.25, 0.3) is 0 Å². The van der Waals surface area contributed by atoms with Crippen LogP contribution < -0.4 is 14.8 Å². The summed E-state index contributed by atoms with van der Waals surface area (Å²) in [5.41, 5.74) is 4.75. The highest BCUT2D eigenvalue weighted by Gasteiger charge is 2.14. The summed E-state index contributed by atoms with van der Waals surface area (Å²) in [7, 11) is 3.18. The van der Waals surface area contributed by atoms with Crippen molar-refractivity contribution in [2.75, 3.05) is 19.5 Å². The number of benzene rings is 2. The molecule has 2 aromatic carbocycles. The zero-order valence-corrected chi connectivity index (χ0v) is 17.7. The van der Waals surface area contributed by atoms with Crippen molar-refractivity contribution in [2.24, 2.45) is 0 Å². The first-order valence-corrected chi connectivity index (χ1v) is 10.2. The molecule has 0 fully saturated rings. The Bertz CT molecular complexity index is 1200. The van der Waals surface area contributed by atoms with Gasteiger partial charge in [-0.25, -0.2) is 4.68 Å². The third-order valence-corrected chi connectivity index (χ3v) is 5.03. The molecule has 8 nitrogen and oxygen atoms in total. The molecular formula is C22H19N5O3S. The van der Waals surface area contributed by atoms with Crippen LogP contribution in [-0.4, -0.2) is 40.1 Å². The number of nitrogens with zero attached hydrogens (tertiary/aromatic N) is 4. The summed E-state index contributed by atoms with van der Waals surface area (Å²) in [4.78, 5) is 12.3. The van der Waals surface area contributed by atoms with Gasteiger partial charge in [-0.05, 0) is 36.4 Å². The van der Waals surface area contributed by atoms with E-state index in [-0.39, 0.29) is 5.91 Å². The van der Waals surface area contributed by atoms with Gasteiger partial charge in [-0.15, -0.1) is 10.2 Å². The highest BCUT2D eigenvalue weighted by atomic mass is 32.1. The molecule has 0 atom stereocenters. The van der Waals surface area contributed by atoms with Gasteiger partial charge < -0.3 is 9.47 Å². The lowest BCUT2D eigenvalue weighted by molar-refractivity contribution is -0.111. The molecule has 0 saturated heterocycles. The first-order chi connectivity index (χ1) is 15.2. The maximum Gasteiger partial charge on any atom is 0.250 e. The molecule has 1 N–H and O–H groups in total. The number of para-hydroxylation sites is 1. The van der Waals surface area contributed by atoms with Crippen molar-refractivity contribution < 1.29 is 14.3 Å². The lowest BCUT2D eigenvalue weighted by Crippen LogP contribution is -2.07. The maximum absolute atomic E-state index is 12.3. The summed E-state index contributed by atoms with van der Waals surface area (Å²) >= 11 is 1.25. The van der Waals surface area contributed by atoms with E-state index in [0.29, 0.717) is 22.3 Å². The minimum Gasteiger partial charge on any atom is -0.493 e. The Labute approximate surface area is 182 Å². The number of carbonyl (C=O) groups is 1. The molecular weight excluding hydrogens is 414 g/mol. The van der Waals surface area contributed by atoms with Gasteiger partial charge >= 0.3 is 0 Å². The van der Waals surface area contributed by atoms with E-state index in [1.165, 1.54) is 17.4 Å². The second-order valence-corrected chi connectivity index (χ2v) is 7.18. The number of ether oxygens (including phenoxy) is 2. The van der Waals surface area contributed by atoms with E-state index in [9.17, 15) is 4.79 Å². The Morgan fingerprint density at radius 3 is 2.61 bits per heavy atom. The van der Waals surface area contributed by atoms with Crippen LogP contribution in [0.1, 0.15) is 5.56 Å². The van der Waals surface area contributed by atoms with E-state index >= 15 is 0 Å². The largest absolute Gasteiger partial charge is 0.493 e. The Kier molecular flexibility index (Phi) is 6.04. The summed E-state index contributed by atoms with van der Waals surface area (Å²) in [6.45, 7) is 0. The van der Waals surface area contributed by atoms with Crippen LogP contribution >= 0.6 is 11.3 Å². The number of carbonyl (C=O) groups excluding carboxylic acids is 1. The number of methoxy groups -OCH3 is 2. The molecule has 2 heterocycles.